The molecule has 1 aliphatic heterocycles. The molecule has 8 nitrogen and oxygen atoms in total. The zero-order chi connectivity index (χ0) is 19.8. The van der Waals surface area contributed by atoms with Crippen LogP contribution in [0.3, 0.4) is 0 Å². The van der Waals surface area contributed by atoms with Crippen molar-refractivity contribution in [2.24, 2.45) is 0 Å². The molecule has 0 saturated heterocycles. The van der Waals surface area contributed by atoms with Crippen LogP contribution in [0.5, 0.6) is 0 Å². The first-order chi connectivity index (χ1) is 12.9. The Balaban J connectivity index is 2.01. The normalized spacial score (nSPS) is 14.9. The van der Waals surface area contributed by atoms with Crippen LogP contribution in [0, 0.1) is 0 Å². The van der Waals surface area contributed by atoms with Gasteiger partial charge in [-0.3, -0.25) is 4.79 Å². The Kier molecular flexibility index (Phi) is 7.68. The highest BCUT2D eigenvalue weighted by atomic mass is 32.2. The van der Waals surface area contributed by atoms with E-state index in [1.54, 1.807) is 18.7 Å². The molecule has 1 aromatic rings. The topological polar surface area (TPSA) is 101 Å². The lowest BCUT2D eigenvalue weighted by atomic mass is 10.1. The molecule has 0 saturated carbocycles. The van der Waals surface area contributed by atoms with Gasteiger partial charge in [0, 0.05) is 4.90 Å². The molecule has 0 aliphatic carbocycles. The fourth-order valence-electron chi connectivity index (χ4n) is 2.68. The first kappa shape index (κ1) is 20.8. The third-order valence-corrected chi connectivity index (χ3v) is 4.69. The van der Waals surface area contributed by atoms with Crippen LogP contribution in [0.2, 0.25) is 0 Å². The highest BCUT2D eigenvalue weighted by Crippen LogP contribution is 2.24. The van der Waals surface area contributed by atoms with Crippen LogP contribution >= 0.6 is 11.8 Å². The maximum atomic E-state index is 12.4. The van der Waals surface area contributed by atoms with Gasteiger partial charge in [0.15, 0.2) is 6.54 Å². The van der Waals surface area contributed by atoms with Crippen molar-refractivity contribution in [2.45, 2.75) is 11.8 Å². The summed E-state index contributed by atoms with van der Waals surface area (Å²) in [6.45, 7) is 2.59. The molecule has 0 bridgehead atoms. The van der Waals surface area contributed by atoms with Crippen LogP contribution in [-0.4, -0.2) is 57.5 Å². The number of para-hydroxylation sites is 1. The standard InChI is InChI=1S/C18H24N4O4S/c1-4-26-17(24)12-9-19-18(25)21-14(12)10-22(2)11-16(23)20-13-7-5-6-8-15(13)27-3/h5-8H,4,9-11H2,1-3H3,(H,20,23)(H2,19,21,25)/p+1. The van der Waals surface area contributed by atoms with E-state index in [1.807, 2.05) is 37.6 Å². The summed E-state index contributed by atoms with van der Waals surface area (Å²) in [6.07, 6.45) is 1.95. The van der Waals surface area contributed by atoms with E-state index < -0.39 is 5.97 Å². The van der Waals surface area contributed by atoms with Crippen LogP contribution < -0.4 is 20.9 Å². The Labute approximate surface area is 162 Å². The molecular formula is C18H25N4O4S+. The summed E-state index contributed by atoms with van der Waals surface area (Å²) in [5.74, 6) is -0.612. The average Bonchev–Trinajstić information content (AvgIpc) is 2.62. The summed E-state index contributed by atoms with van der Waals surface area (Å²) in [6, 6.07) is 7.21. The quantitative estimate of drug-likeness (QED) is 0.368. The Morgan fingerprint density at radius 2 is 2.07 bits per heavy atom. The second-order valence-corrected chi connectivity index (χ2v) is 6.89. The minimum absolute atomic E-state index is 0.112. The molecule has 1 atom stereocenters. The highest BCUT2D eigenvalue weighted by molar-refractivity contribution is 7.98. The van der Waals surface area contributed by atoms with Gasteiger partial charge in [-0.2, -0.15) is 0 Å². The summed E-state index contributed by atoms with van der Waals surface area (Å²) in [4.78, 5) is 37.9. The number of quaternary nitrogens is 1. The van der Waals surface area contributed by atoms with Crippen molar-refractivity contribution >= 4 is 35.4 Å². The van der Waals surface area contributed by atoms with Crippen molar-refractivity contribution < 1.29 is 24.0 Å². The van der Waals surface area contributed by atoms with Crippen LogP contribution in [-0.2, 0) is 14.3 Å². The lowest BCUT2D eigenvalue weighted by Gasteiger charge is -2.23. The molecule has 9 heteroatoms. The van der Waals surface area contributed by atoms with Gasteiger partial charge in [-0.25, -0.2) is 9.59 Å². The monoisotopic (exact) mass is 393 g/mol. The van der Waals surface area contributed by atoms with Gasteiger partial charge in [0.2, 0.25) is 0 Å². The summed E-state index contributed by atoms with van der Waals surface area (Å²) < 4.78 is 5.04. The van der Waals surface area contributed by atoms with E-state index in [9.17, 15) is 14.4 Å². The fraction of sp³-hybridized carbons (Fsp3) is 0.389. The molecule has 0 spiro atoms. The summed E-state index contributed by atoms with van der Waals surface area (Å²) in [5, 5.41) is 8.12. The number of likely N-dealkylation sites (N-methyl/N-ethyl adjacent to an activating group) is 1. The number of ether oxygens (including phenoxy) is 1. The molecule has 2 rings (SSSR count). The lowest BCUT2D eigenvalue weighted by Crippen LogP contribution is -3.10. The number of nitrogens with one attached hydrogen (secondary N) is 4. The number of hydrogen-bond donors (Lipinski definition) is 4. The Bertz CT molecular complexity index is 751. The Hall–Kier alpha value is -2.52. The molecule has 0 aromatic heterocycles. The van der Waals surface area contributed by atoms with Crippen molar-refractivity contribution in [1.82, 2.24) is 10.6 Å². The molecule has 1 unspecified atom stereocenters. The van der Waals surface area contributed by atoms with Crippen LogP contribution in [0.1, 0.15) is 6.92 Å². The fourth-order valence-corrected chi connectivity index (χ4v) is 3.23. The van der Waals surface area contributed by atoms with E-state index in [0.29, 0.717) is 17.8 Å². The maximum absolute atomic E-state index is 12.4. The minimum atomic E-state index is -0.467. The second kappa shape index (κ2) is 9.98. The number of carbonyl (C=O) groups is 3. The molecule has 146 valence electrons. The Morgan fingerprint density at radius 1 is 1.33 bits per heavy atom. The number of urea groups is 1. The van der Waals surface area contributed by atoms with Gasteiger partial charge < -0.3 is 25.6 Å². The van der Waals surface area contributed by atoms with Gasteiger partial charge in [0.05, 0.1) is 37.2 Å². The van der Waals surface area contributed by atoms with E-state index in [0.717, 1.165) is 15.5 Å². The van der Waals surface area contributed by atoms with Gasteiger partial charge in [0.25, 0.3) is 5.91 Å². The number of amides is 3. The van der Waals surface area contributed by atoms with E-state index in [-0.39, 0.29) is 31.6 Å². The summed E-state index contributed by atoms with van der Waals surface area (Å²) >= 11 is 1.56. The first-order valence-corrected chi connectivity index (χ1v) is 9.85. The minimum Gasteiger partial charge on any atom is -0.463 e. The molecular weight excluding hydrogens is 368 g/mol. The number of thioether (sulfide) groups is 1. The predicted octanol–water partition coefficient (Wildman–Crippen LogP) is -0.00830. The van der Waals surface area contributed by atoms with Gasteiger partial charge in [-0.1, -0.05) is 12.1 Å². The number of hydrogen-bond acceptors (Lipinski definition) is 5. The number of esters is 1. The van der Waals surface area contributed by atoms with Crippen molar-refractivity contribution in [3.63, 3.8) is 0 Å². The SMILES string of the molecule is CCOC(=O)C1=C(C[NH+](C)CC(=O)Nc2ccccc2SC)NC(=O)NC1. The van der Waals surface area contributed by atoms with E-state index in [4.69, 9.17) is 4.74 Å². The van der Waals surface area contributed by atoms with Crippen LogP contribution in [0.15, 0.2) is 40.4 Å². The van der Waals surface area contributed by atoms with Crippen molar-refractivity contribution in [2.75, 3.05) is 44.9 Å². The zero-order valence-corrected chi connectivity index (χ0v) is 16.5. The zero-order valence-electron chi connectivity index (χ0n) is 15.7. The number of carbonyl (C=O) groups excluding carboxylic acids is 3. The number of benzene rings is 1. The van der Waals surface area contributed by atoms with Gasteiger partial charge in [-0.15, -0.1) is 11.8 Å². The third-order valence-electron chi connectivity index (χ3n) is 3.90. The lowest BCUT2D eigenvalue weighted by molar-refractivity contribution is -0.866. The van der Waals surface area contributed by atoms with Gasteiger partial charge >= 0.3 is 12.0 Å². The van der Waals surface area contributed by atoms with Crippen molar-refractivity contribution in [3.05, 3.63) is 35.5 Å². The predicted molar refractivity (Wildman–Crippen MR) is 104 cm³/mol. The van der Waals surface area contributed by atoms with Crippen molar-refractivity contribution in [1.29, 1.82) is 0 Å². The molecule has 0 fully saturated rings. The molecule has 27 heavy (non-hydrogen) atoms. The largest absolute Gasteiger partial charge is 0.463 e. The molecule has 3 amide bonds. The Morgan fingerprint density at radius 3 is 2.78 bits per heavy atom. The van der Waals surface area contributed by atoms with Crippen LogP contribution in [0.4, 0.5) is 10.5 Å². The smallest absolute Gasteiger partial charge is 0.337 e. The summed E-state index contributed by atoms with van der Waals surface area (Å²) in [5.41, 5.74) is 1.63. The van der Waals surface area contributed by atoms with E-state index in [2.05, 4.69) is 16.0 Å². The second-order valence-electron chi connectivity index (χ2n) is 6.04. The number of rotatable bonds is 8. The molecule has 4 N–H and O–H groups in total. The van der Waals surface area contributed by atoms with Crippen LogP contribution in [0.25, 0.3) is 0 Å². The molecule has 1 aromatic carbocycles. The van der Waals surface area contributed by atoms with E-state index >= 15 is 0 Å². The van der Waals surface area contributed by atoms with E-state index in [1.165, 1.54) is 0 Å². The van der Waals surface area contributed by atoms with Crippen molar-refractivity contribution in [3.8, 4) is 0 Å². The first-order valence-electron chi connectivity index (χ1n) is 8.62. The summed E-state index contributed by atoms with van der Waals surface area (Å²) in [7, 11) is 1.82. The molecule has 1 heterocycles. The number of anilines is 1. The highest BCUT2D eigenvalue weighted by Gasteiger charge is 2.26. The molecule has 0 radical (unpaired) electrons. The van der Waals surface area contributed by atoms with Gasteiger partial charge in [-0.05, 0) is 25.3 Å². The molecule has 1 aliphatic rings. The maximum Gasteiger partial charge on any atom is 0.337 e. The van der Waals surface area contributed by atoms with Gasteiger partial charge in [0.1, 0.15) is 6.54 Å². The third kappa shape index (κ3) is 6.00. The average molecular weight is 393 g/mol.